The number of rotatable bonds is 10. The van der Waals surface area contributed by atoms with Gasteiger partial charge in [-0.3, -0.25) is 24.6 Å². The number of hydrogen-bond donors (Lipinski definition) is 2. The van der Waals surface area contributed by atoms with E-state index in [2.05, 4.69) is 20.4 Å². The highest BCUT2D eigenvalue weighted by Crippen LogP contribution is 2.36. The van der Waals surface area contributed by atoms with Crippen LogP contribution in [0.2, 0.25) is 5.02 Å². The van der Waals surface area contributed by atoms with Gasteiger partial charge in [0.2, 0.25) is 11.8 Å². The number of likely N-dealkylation sites (tertiary alicyclic amines) is 1. The van der Waals surface area contributed by atoms with Crippen molar-refractivity contribution in [1.29, 1.82) is 0 Å². The van der Waals surface area contributed by atoms with E-state index in [-0.39, 0.29) is 23.2 Å². The highest BCUT2D eigenvalue weighted by molar-refractivity contribution is 6.33. The lowest BCUT2D eigenvalue weighted by Gasteiger charge is -2.36. The van der Waals surface area contributed by atoms with Crippen LogP contribution in [0.5, 0.6) is 5.75 Å². The van der Waals surface area contributed by atoms with Gasteiger partial charge in [0, 0.05) is 61.7 Å². The predicted molar refractivity (Wildman–Crippen MR) is 197 cm³/mol. The highest BCUT2D eigenvalue weighted by atomic mass is 35.5. The minimum absolute atomic E-state index is 0.0447. The first-order chi connectivity index (χ1) is 24.0. The number of anilines is 2. The third kappa shape index (κ3) is 8.02. The van der Waals surface area contributed by atoms with Gasteiger partial charge >= 0.3 is 0 Å². The van der Waals surface area contributed by atoms with Gasteiger partial charge in [0.15, 0.2) is 0 Å². The summed E-state index contributed by atoms with van der Waals surface area (Å²) in [6, 6.07) is 8.89. The maximum Gasteiger partial charge on any atom is 0.253 e. The van der Waals surface area contributed by atoms with E-state index in [1.165, 1.54) is 12.8 Å². The van der Waals surface area contributed by atoms with Crippen molar-refractivity contribution in [3.63, 3.8) is 0 Å². The fraction of sp³-hybridized carbons (Fsp3) is 0.513. The summed E-state index contributed by atoms with van der Waals surface area (Å²) in [6.45, 7) is 8.05. The molecule has 3 saturated heterocycles. The maximum absolute atomic E-state index is 15.6. The Morgan fingerprint density at radius 2 is 1.62 bits per heavy atom. The minimum atomic E-state index is -0.434. The van der Waals surface area contributed by atoms with E-state index in [0.717, 1.165) is 74.4 Å². The van der Waals surface area contributed by atoms with E-state index < -0.39 is 6.04 Å². The van der Waals surface area contributed by atoms with Crippen molar-refractivity contribution in [1.82, 2.24) is 14.8 Å². The number of nitrogens with zero attached hydrogens (tertiary/aromatic N) is 3. The standard InChI is InChI=1S/C39H49ClFN5O4/c1-24-25(2)39(49)44(3)22-30(24)28-19-33(41)31(36(20-28)50-4)23-45-15-11-26(12-16-45)5-6-27-13-17-46(18-14-27)35-9-7-29(21-32(35)40)42-34-8-10-37(47)43-38(34)48/h7,9,19-22,26-27,34,42H,5-6,8,10-18,23H2,1-4H3,(H,43,47,48). The Kier molecular flexibility index (Phi) is 11.2. The van der Waals surface area contributed by atoms with E-state index >= 15 is 4.39 Å². The first-order valence-electron chi connectivity index (χ1n) is 17.9. The van der Waals surface area contributed by atoms with Crippen LogP contribution < -0.4 is 25.8 Å². The number of methoxy groups -OCH3 is 1. The molecule has 1 atom stereocenters. The Hall–Kier alpha value is -3.89. The summed E-state index contributed by atoms with van der Waals surface area (Å²) in [5.41, 5.74) is 5.40. The summed E-state index contributed by atoms with van der Waals surface area (Å²) < 4.78 is 22.9. The molecule has 0 spiro atoms. The molecule has 9 nitrogen and oxygen atoms in total. The lowest BCUT2D eigenvalue weighted by atomic mass is 9.85. The van der Waals surface area contributed by atoms with Crippen LogP contribution in [0.4, 0.5) is 15.8 Å². The second-order valence-corrected chi connectivity index (χ2v) is 14.8. The first kappa shape index (κ1) is 35.9. The van der Waals surface area contributed by atoms with Gasteiger partial charge in [-0.1, -0.05) is 24.4 Å². The third-order valence-corrected chi connectivity index (χ3v) is 11.5. The Labute approximate surface area is 299 Å². The van der Waals surface area contributed by atoms with Crippen LogP contribution in [0.15, 0.2) is 41.3 Å². The van der Waals surface area contributed by atoms with Gasteiger partial charge in [0.25, 0.3) is 5.56 Å². The normalized spacial score (nSPS) is 19.5. The van der Waals surface area contributed by atoms with Gasteiger partial charge in [0.05, 0.1) is 17.8 Å². The lowest BCUT2D eigenvalue weighted by molar-refractivity contribution is -0.133. The number of amides is 2. The molecule has 2 aromatic carbocycles. The second-order valence-electron chi connectivity index (χ2n) is 14.4. The number of imide groups is 1. The molecular formula is C39H49ClFN5O4. The molecule has 4 heterocycles. The zero-order valence-corrected chi connectivity index (χ0v) is 30.4. The molecular weight excluding hydrogens is 657 g/mol. The van der Waals surface area contributed by atoms with Crippen molar-refractivity contribution < 1.29 is 18.7 Å². The van der Waals surface area contributed by atoms with Crippen molar-refractivity contribution in [3.8, 4) is 16.9 Å². The van der Waals surface area contributed by atoms with E-state index in [1.807, 2.05) is 31.2 Å². The lowest BCUT2D eigenvalue weighted by Crippen LogP contribution is -2.47. The number of pyridine rings is 1. The van der Waals surface area contributed by atoms with Crippen LogP contribution in [-0.2, 0) is 23.2 Å². The summed E-state index contributed by atoms with van der Waals surface area (Å²) in [4.78, 5) is 40.6. The molecule has 3 aliphatic heterocycles. The SMILES string of the molecule is COc1cc(-c2cn(C)c(=O)c(C)c2C)cc(F)c1CN1CCC(CCC2CCN(c3ccc(NC4CCC(=O)NC4=O)cc3Cl)CC2)CC1. The number of halogens is 2. The number of carbonyl (C=O) groups is 2. The van der Waals surface area contributed by atoms with Crippen LogP contribution in [0.1, 0.15) is 68.1 Å². The molecule has 1 aromatic heterocycles. The monoisotopic (exact) mass is 705 g/mol. The topological polar surface area (TPSA) is 95.9 Å². The molecule has 0 aliphatic carbocycles. The Balaban J connectivity index is 0.957. The van der Waals surface area contributed by atoms with Gasteiger partial charge in [0.1, 0.15) is 17.6 Å². The molecule has 3 fully saturated rings. The van der Waals surface area contributed by atoms with E-state index in [4.69, 9.17) is 16.3 Å². The predicted octanol–water partition coefficient (Wildman–Crippen LogP) is 6.60. The largest absolute Gasteiger partial charge is 0.496 e. The molecule has 6 rings (SSSR count). The first-order valence-corrected chi connectivity index (χ1v) is 18.3. The van der Waals surface area contributed by atoms with Gasteiger partial charge in [-0.05, 0) is 112 Å². The van der Waals surface area contributed by atoms with Crippen LogP contribution in [0.3, 0.4) is 0 Å². The minimum Gasteiger partial charge on any atom is -0.496 e. The molecule has 0 radical (unpaired) electrons. The number of hydrogen-bond acceptors (Lipinski definition) is 7. The summed E-state index contributed by atoms with van der Waals surface area (Å²) in [7, 11) is 3.31. The van der Waals surface area contributed by atoms with Gasteiger partial charge in [-0.15, -0.1) is 0 Å². The smallest absolute Gasteiger partial charge is 0.253 e. The number of aryl methyl sites for hydroxylation is 1. The zero-order chi connectivity index (χ0) is 35.5. The number of carbonyl (C=O) groups excluding carboxylic acids is 2. The van der Waals surface area contributed by atoms with Crippen molar-refractivity contribution in [3.05, 3.63) is 74.4 Å². The molecule has 3 aliphatic rings. The molecule has 50 heavy (non-hydrogen) atoms. The number of ether oxygens (including phenoxy) is 1. The Bertz CT molecular complexity index is 1800. The average Bonchev–Trinajstić information content (AvgIpc) is 3.11. The van der Waals surface area contributed by atoms with Crippen molar-refractivity contribution in [2.75, 3.05) is 43.5 Å². The molecule has 268 valence electrons. The molecule has 0 saturated carbocycles. The molecule has 2 amide bonds. The van der Waals surface area contributed by atoms with Crippen LogP contribution >= 0.6 is 11.6 Å². The Morgan fingerprint density at radius 1 is 0.940 bits per heavy atom. The fourth-order valence-corrected chi connectivity index (χ4v) is 8.15. The van der Waals surface area contributed by atoms with Crippen molar-refractivity contribution in [2.24, 2.45) is 18.9 Å². The Morgan fingerprint density at radius 3 is 2.26 bits per heavy atom. The number of nitrogens with one attached hydrogen (secondary N) is 2. The molecule has 11 heteroatoms. The summed E-state index contributed by atoms with van der Waals surface area (Å²) in [5, 5.41) is 6.26. The molecule has 3 aromatic rings. The molecule has 0 bridgehead atoms. The van der Waals surface area contributed by atoms with Gasteiger partial charge in [-0.2, -0.15) is 0 Å². The number of aromatic nitrogens is 1. The summed E-state index contributed by atoms with van der Waals surface area (Å²) >= 11 is 6.70. The zero-order valence-electron chi connectivity index (χ0n) is 29.6. The highest BCUT2D eigenvalue weighted by Gasteiger charge is 2.28. The number of benzene rings is 2. The van der Waals surface area contributed by atoms with Crippen molar-refractivity contribution >= 4 is 34.8 Å². The van der Waals surface area contributed by atoms with E-state index in [1.54, 1.807) is 37.9 Å². The van der Waals surface area contributed by atoms with Crippen LogP contribution in [0.25, 0.3) is 11.1 Å². The number of piperidine rings is 3. The van der Waals surface area contributed by atoms with Gasteiger partial charge in [-0.25, -0.2) is 4.39 Å². The van der Waals surface area contributed by atoms with Gasteiger partial charge < -0.3 is 19.5 Å². The third-order valence-electron chi connectivity index (χ3n) is 11.2. The summed E-state index contributed by atoms with van der Waals surface area (Å²) in [6.07, 6.45) is 9.54. The second kappa shape index (κ2) is 15.6. The molecule has 1 unspecified atom stereocenters. The molecule has 2 N–H and O–H groups in total. The average molecular weight is 706 g/mol. The van der Waals surface area contributed by atoms with Crippen LogP contribution in [-0.4, -0.2) is 60.6 Å². The summed E-state index contributed by atoms with van der Waals surface area (Å²) in [5.74, 6) is 1.13. The van der Waals surface area contributed by atoms with E-state index in [9.17, 15) is 14.4 Å². The fourth-order valence-electron chi connectivity index (χ4n) is 7.85. The maximum atomic E-state index is 15.6. The van der Waals surface area contributed by atoms with Crippen LogP contribution in [0, 0.1) is 31.5 Å². The van der Waals surface area contributed by atoms with Crippen molar-refractivity contribution in [2.45, 2.75) is 77.8 Å². The quantitative estimate of drug-likeness (QED) is 0.230. The van der Waals surface area contributed by atoms with E-state index in [0.29, 0.717) is 58.7 Å².